The van der Waals surface area contributed by atoms with Gasteiger partial charge in [0.15, 0.2) is 0 Å². The standard InChI is InChI=1S/C6H12O2.2C4H9O.Ti/c7-5-3-1-2-4-6-8;2*1-2-3-4-5;/h1-6H2;2*2-4H2,1H3;/q-2;2*-1;+4. The molecule has 0 saturated carbocycles. The zero-order valence-electron chi connectivity index (χ0n) is 12.6. The summed E-state index contributed by atoms with van der Waals surface area (Å²) in [5.74, 6) is 0. The Morgan fingerprint density at radius 1 is 0.474 bits per heavy atom. The molecule has 114 valence electrons. The Morgan fingerprint density at radius 3 is 0.842 bits per heavy atom. The van der Waals surface area contributed by atoms with Gasteiger partial charge < -0.3 is 20.4 Å². The summed E-state index contributed by atoms with van der Waals surface area (Å²) >= 11 is 0. The number of hydrogen-bond acceptors (Lipinski definition) is 4. The maximum atomic E-state index is 9.81. The first-order chi connectivity index (χ1) is 8.74. The third-order valence-corrected chi connectivity index (χ3v) is 2.03. The Morgan fingerprint density at radius 2 is 0.737 bits per heavy atom. The molecule has 0 aliphatic heterocycles. The molecule has 0 aromatic rings. The van der Waals surface area contributed by atoms with Crippen molar-refractivity contribution in [1.82, 2.24) is 0 Å². The SMILES string of the molecule is CCCC[O-].CCCC[O-].[O-]CCCCCC[O-].[Ti+4]. The molecule has 0 aliphatic rings. The van der Waals surface area contributed by atoms with Gasteiger partial charge in [0.05, 0.1) is 0 Å². The van der Waals surface area contributed by atoms with Crippen LogP contribution in [0, 0.1) is 0 Å². The van der Waals surface area contributed by atoms with Crippen LogP contribution in [0.2, 0.25) is 0 Å². The van der Waals surface area contributed by atoms with Gasteiger partial charge in [-0.2, -0.15) is 0 Å². The van der Waals surface area contributed by atoms with Crippen LogP contribution >= 0.6 is 0 Å². The molecule has 0 unspecified atom stereocenters. The summed E-state index contributed by atoms with van der Waals surface area (Å²) in [5.41, 5.74) is 0. The van der Waals surface area contributed by atoms with E-state index in [1.165, 1.54) is 0 Å². The number of hydrogen-bond donors (Lipinski definition) is 0. The van der Waals surface area contributed by atoms with E-state index in [-0.39, 0.29) is 48.1 Å². The maximum absolute atomic E-state index is 9.81. The Kier molecular flexibility index (Phi) is 53.1. The summed E-state index contributed by atoms with van der Waals surface area (Å²) < 4.78 is 0. The molecule has 4 nitrogen and oxygen atoms in total. The van der Waals surface area contributed by atoms with Gasteiger partial charge in [-0.05, 0) is 0 Å². The second-order valence-corrected chi connectivity index (χ2v) is 3.94. The van der Waals surface area contributed by atoms with Crippen molar-refractivity contribution in [3.05, 3.63) is 0 Å². The Balaban J connectivity index is -0.0000000906. The average molecular weight is 310 g/mol. The summed E-state index contributed by atoms with van der Waals surface area (Å²) in [6.07, 6.45) is 7.07. The van der Waals surface area contributed by atoms with Gasteiger partial charge >= 0.3 is 21.7 Å². The van der Waals surface area contributed by atoms with Crippen molar-refractivity contribution >= 4 is 0 Å². The first-order valence-corrected chi connectivity index (χ1v) is 7.07. The summed E-state index contributed by atoms with van der Waals surface area (Å²) in [5, 5.41) is 38.7. The van der Waals surface area contributed by atoms with Crippen LogP contribution < -0.4 is 20.4 Å². The molecule has 0 aromatic carbocycles. The van der Waals surface area contributed by atoms with E-state index in [0.717, 1.165) is 51.4 Å². The zero-order valence-corrected chi connectivity index (χ0v) is 14.2. The van der Waals surface area contributed by atoms with Crippen molar-refractivity contribution in [2.45, 2.75) is 65.2 Å². The average Bonchev–Trinajstić information content (AvgIpc) is 2.38. The molecule has 0 fully saturated rings. The van der Waals surface area contributed by atoms with E-state index in [1.807, 2.05) is 13.8 Å². The molecule has 0 N–H and O–H groups in total. The summed E-state index contributed by atoms with van der Waals surface area (Å²) in [7, 11) is 0. The van der Waals surface area contributed by atoms with Crippen LogP contribution in [0.1, 0.15) is 65.2 Å². The smallest absolute Gasteiger partial charge is 0.854 e. The van der Waals surface area contributed by atoms with Gasteiger partial charge in [0.2, 0.25) is 0 Å². The molecule has 0 spiro atoms. The largest absolute Gasteiger partial charge is 4.00 e. The van der Waals surface area contributed by atoms with Crippen LogP contribution in [-0.4, -0.2) is 26.4 Å². The molecular formula is C14H30O4Ti. The molecule has 0 bridgehead atoms. The quantitative estimate of drug-likeness (QED) is 0.426. The minimum Gasteiger partial charge on any atom is -0.854 e. The maximum Gasteiger partial charge on any atom is 4.00 e. The van der Waals surface area contributed by atoms with Crippen LogP contribution in [0.5, 0.6) is 0 Å². The van der Waals surface area contributed by atoms with Crippen molar-refractivity contribution in [2.24, 2.45) is 0 Å². The Labute approximate surface area is 134 Å². The molecule has 5 heteroatoms. The molecule has 0 radical (unpaired) electrons. The van der Waals surface area contributed by atoms with E-state index < -0.39 is 0 Å². The third-order valence-electron chi connectivity index (χ3n) is 2.03. The second-order valence-electron chi connectivity index (χ2n) is 3.94. The van der Waals surface area contributed by atoms with Gasteiger partial charge in [-0.1, -0.05) is 65.2 Å². The molecule has 0 amide bonds. The molecule has 0 heterocycles. The zero-order chi connectivity index (χ0) is 14.5. The molecule has 0 aromatic heterocycles. The molecule has 0 saturated heterocycles. The van der Waals surface area contributed by atoms with Crippen LogP contribution in [0.25, 0.3) is 0 Å². The molecule has 0 aliphatic carbocycles. The van der Waals surface area contributed by atoms with Crippen LogP contribution in [-0.2, 0) is 21.7 Å². The fourth-order valence-electron chi connectivity index (χ4n) is 0.846. The Bertz CT molecular complexity index is 89.4. The second kappa shape index (κ2) is 36.3. The summed E-state index contributed by atoms with van der Waals surface area (Å²) in [6, 6.07) is 0. The first-order valence-electron chi connectivity index (χ1n) is 7.07. The van der Waals surface area contributed by atoms with Gasteiger partial charge in [0, 0.05) is 0 Å². The fraction of sp³-hybridized carbons (Fsp3) is 1.00. The van der Waals surface area contributed by atoms with Gasteiger partial charge in [0.1, 0.15) is 0 Å². The van der Waals surface area contributed by atoms with E-state index in [4.69, 9.17) is 0 Å². The van der Waals surface area contributed by atoms with Crippen molar-refractivity contribution in [3.8, 4) is 0 Å². The molecule has 19 heavy (non-hydrogen) atoms. The summed E-state index contributed by atoms with van der Waals surface area (Å²) in [6.45, 7) is 4.24. The van der Waals surface area contributed by atoms with Crippen molar-refractivity contribution in [2.75, 3.05) is 26.4 Å². The van der Waals surface area contributed by atoms with Gasteiger partial charge in [0.25, 0.3) is 0 Å². The van der Waals surface area contributed by atoms with E-state index in [2.05, 4.69) is 0 Å². The van der Waals surface area contributed by atoms with Crippen LogP contribution in [0.15, 0.2) is 0 Å². The van der Waals surface area contributed by atoms with Crippen molar-refractivity contribution in [1.29, 1.82) is 0 Å². The van der Waals surface area contributed by atoms with Crippen LogP contribution in [0.4, 0.5) is 0 Å². The van der Waals surface area contributed by atoms with Crippen molar-refractivity contribution < 1.29 is 42.1 Å². The first kappa shape index (κ1) is 27.8. The van der Waals surface area contributed by atoms with E-state index in [9.17, 15) is 20.4 Å². The monoisotopic (exact) mass is 310 g/mol. The van der Waals surface area contributed by atoms with Crippen molar-refractivity contribution in [3.63, 3.8) is 0 Å². The van der Waals surface area contributed by atoms with Gasteiger partial charge in [-0.15, -0.1) is 26.4 Å². The predicted molar refractivity (Wildman–Crippen MR) is 67.8 cm³/mol. The minimum absolute atomic E-state index is 0. The van der Waals surface area contributed by atoms with Gasteiger partial charge in [-0.3, -0.25) is 0 Å². The molecule has 0 rings (SSSR count). The molecule has 0 atom stereocenters. The summed E-state index contributed by atoms with van der Waals surface area (Å²) in [4.78, 5) is 0. The predicted octanol–water partition coefficient (Wildman–Crippen LogP) is -0.441. The third kappa shape index (κ3) is 55.7. The fourth-order valence-corrected chi connectivity index (χ4v) is 0.846. The number of unbranched alkanes of at least 4 members (excludes halogenated alkanes) is 5. The molecular weight excluding hydrogens is 280 g/mol. The van der Waals surface area contributed by atoms with E-state index in [1.54, 1.807) is 0 Å². The number of rotatable bonds is 9. The van der Waals surface area contributed by atoms with Crippen LogP contribution in [0.3, 0.4) is 0 Å². The minimum atomic E-state index is 0. The van der Waals surface area contributed by atoms with Gasteiger partial charge in [-0.25, -0.2) is 0 Å². The van der Waals surface area contributed by atoms with E-state index >= 15 is 0 Å². The Hall–Kier alpha value is 0.554. The normalized spacial score (nSPS) is 8.53. The van der Waals surface area contributed by atoms with E-state index in [0.29, 0.717) is 0 Å². The topological polar surface area (TPSA) is 92.2 Å².